The molecule has 1 unspecified atom stereocenters. The van der Waals surface area contributed by atoms with E-state index < -0.39 is 0 Å². The summed E-state index contributed by atoms with van der Waals surface area (Å²) in [7, 11) is 0. The van der Waals surface area contributed by atoms with Crippen molar-refractivity contribution in [2.75, 3.05) is 19.8 Å². The van der Waals surface area contributed by atoms with Crippen molar-refractivity contribution in [2.24, 2.45) is 0 Å². The summed E-state index contributed by atoms with van der Waals surface area (Å²) in [5.41, 5.74) is 1.15. The molecule has 0 radical (unpaired) electrons. The highest BCUT2D eigenvalue weighted by atomic mass is 19.1. The van der Waals surface area contributed by atoms with Crippen molar-refractivity contribution >= 4 is 0 Å². The van der Waals surface area contributed by atoms with E-state index in [1.165, 1.54) is 25.0 Å². The Kier molecular flexibility index (Phi) is 4.51. The number of ether oxygens (including phenoxy) is 1. The molecule has 0 amide bonds. The predicted octanol–water partition coefficient (Wildman–Crippen LogP) is 2.70. The van der Waals surface area contributed by atoms with Crippen molar-refractivity contribution < 1.29 is 9.13 Å². The number of rotatable bonds is 7. The molecule has 0 bridgehead atoms. The largest absolute Gasteiger partial charge is 0.381 e. The molecule has 1 aliphatic carbocycles. The van der Waals surface area contributed by atoms with Crippen LogP contribution in [0, 0.1) is 5.82 Å². The summed E-state index contributed by atoms with van der Waals surface area (Å²) in [5.74, 6) is 0.134. The normalized spacial score (nSPS) is 17.1. The van der Waals surface area contributed by atoms with Gasteiger partial charge in [-0.3, -0.25) is 0 Å². The summed E-state index contributed by atoms with van der Waals surface area (Å²) in [5, 5.41) is 3.50. The highest BCUT2D eigenvalue weighted by Crippen LogP contribution is 2.21. The lowest BCUT2D eigenvalue weighted by atomic mass is 10.00. The summed E-state index contributed by atoms with van der Waals surface area (Å²) in [4.78, 5) is 0. The van der Waals surface area contributed by atoms with Crippen molar-refractivity contribution in [3.8, 4) is 0 Å². The van der Waals surface area contributed by atoms with Crippen LogP contribution >= 0.6 is 0 Å². The summed E-state index contributed by atoms with van der Waals surface area (Å²) < 4.78 is 18.4. The van der Waals surface area contributed by atoms with Crippen LogP contribution in [0.1, 0.15) is 31.2 Å². The minimum atomic E-state index is -0.181. The van der Waals surface area contributed by atoms with Gasteiger partial charge in [-0.05, 0) is 37.5 Å². The Morgan fingerprint density at radius 1 is 1.35 bits per heavy atom. The van der Waals surface area contributed by atoms with Crippen LogP contribution in [0.2, 0.25) is 0 Å². The lowest BCUT2D eigenvalue weighted by molar-refractivity contribution is 0.131. The van der Waals surface area contributed by atoms with Gasteiger partial charge in [-0.15, -0.1) is 0 Å². The molecule has 0 heterocycles. The minimum absolute atomic E-state index is 0.181. The zero-order chi connectivity index (χ0) is 12.1. The van der Waals surface area contributed by atoms with E-state index in [0.29, 0.717) is 18.6 Å². The van der Waals surface area contributed by atoms with Gasteiger partial charge in [0.25, 0.3) is 0 Å². The van der Waals surface area contributed by atoms with Crippen molar-refractivity contribution in [2.45, 2.75) is 31.7 Å². The van der Waals surface area contributed by atoms with Gasteiger partial charge in [0, 0.05) is 25.1 Å². The monoisotopic (exact) mass is 237 g/mol. The first-order valence-corrected chi connectivity index (χ1v) is 6.36. The van der Waals surface area contributed by atoms with E-state index in [0.717, 1.165) is 18.7 Å². The van der Waals surface area contributed by atoms with Crippen LogP contribution in [0.25, 0.3) is 0 Å². The fourth-order valence-electron chi connectivity index (χ4n) is 1.86. The maximum atomic E-state index is 12.9. The molecule has 1 aromatic carbocycles. The molecular formula is C14H20FNO. The van der Waals surface area contributed by atoms with E-state index in [1.54, 1.807) is 0 Å². The fourth-order valence-corrected chi connectivity index (χ4v) is 1.86. The Labute approximate surface area is 102 Å². The van der Waals surface area contributed by atoms with Crippen molar-refractivity contribution in [1.82, 2.24) is 5.32 Å². The molecule has 0 saturated heterocycles. The van der Waals surface area contributed by atoms with Gasteiger partial charge >= 0.3 is 0 Å². The van der Waals surface area contributed by atoms with Gasteiger partial charge in [0.1, 0.15) is 5.82 Å². The molecule has 1 saturated carbocycles. The fraction of sp³-hybridized carbons (Fsp3) is 0.571. The van der Waals surface area contributed by atoms with Gasteiger partial charge in [0.2, 0.25) is 0 Å². The molecular weight excluding hydrogens is 217 g/mol. The third kappa shape index (κ3) is 4.10. The average molecular weight is 237 g/mol. The van der Waals surface area contributed by atoms with Crippen molar-refractivity contribution in [1.29, 1.82) is 0 Å². The third-order valence-corrected chi connectivity index (χ3v) is 3.09. The molecule has 2 nitrogen and oxygen atoms in total. The zero-order valence-corrected chi connectivity index (χ0v) is 10.3. The smallest absolute Gasteiger partial charge is 0.123 e. The Balaban J connectivity index is 1.93. The Morgan fingerprint density at radius 3 is 2.65 bits per heavy atom. The molecule has 1 atom stereocenters. The van der Waals surface area contributed by atoms with E-state index in [2.05, 4.69) is 5.32 Å². The van der Waals surface area contributed by atoms with Crippen molar-refractivity contribution in [3.63, 3.8) is 0 Å². The van der Waals surface area contributed by atoms with Crippen LogP contribution in [-0.4, -0.2) is 25.8 Å². The number of nitrogens with one attached hydrogen (secondary N) is 1. The second-order valence-corrected chi connectivity index (χ2v) is 4.59. The van der Waals surface area contributed by atoms with E-state index in [1.807, 2.05) is 19.1 Å². The molecule has 2 rings (SSSR count). The molecule has 17 heavy (non-hydrogen) atoms. The van der Waals surface area contributed by atoms with Crippen LogP contribution in [0.4, 0.5) is 4.39 Å². The number of halogens is 1. The summed E-state index contributed by atoms with van der Waals surface area (Å²) in [6.07, 6.45) is 2.57. The lowest BCUT2D eigenvalue weighted by Crippen LogP contribution is -2.26. The maximum absolute atomic E-state index is 12.9. The van der Waals surface area contributed by atoms with E-state index in [-0.39, 0.29) is 5.82 Å². The van der Waals surface area contributed by atoms with Gasteiger partial charge in [0.05, 0.1) is 6.61 Å². The second-order valence-electron chi connectivity index (χ2n) is 4.59. The Hall–Kier alpha value is -0.930. The molecule has 1 aliphatic rings. The number of hydrogen-bond donors (Lipinski definition) is 1. The quantitative estimate of drug-likeness (QED) is 0.787. The number of hydrogen-bond acceptors (Lipinski definition) is 2. The first kappa shape index (κ1) is 12.5. The zero-order valence-electron chi connectivity index (χ0n) is 10.3. The van der Waals surface area contributed by atoms with Gasteiger partial charge in [-0.1, -0.05) is 12.1 Å². The Morgan fingerprint density at radius 2 is 2.06 bits per heavy atom. The van der Waals surface area contributed by atoms with Gasteiger partial charge in [0.15, 0.2) is 0 Å². The second kappa shape index (κ2) is 6.12. The SMILES string of the molecule is CCOCC(CNC1CC1)c1ccc(F)cc1. The standard InChI is InChI=1S/C14H20FNO/c1-2-17-10-12(9-16-14-7-8-14)11-3-5-13(15)6-4-11/h3-6,12,14,16H,2,7-10H2,1H3. The average Bonchev–Trinajstić information content (AvgIpc) is 3.15. The van der Waals surface area contributed by atoms with Gasteiger partial charge in [-0.25, -0.2) is 4.39 Å². The maximum Gasteiger partial charge on any atom is 0.123 e. The van der Waals surface area contributed by atoms with Crippen molar-refractivity contribution in [3.05, 3.63) is 35.6 Å². The molecule has 1 N–H and O–H groups in total. The van der Waals surface area contributed by atoms with Gasteiger partial charge < -0.3 is 10.1 Å². The predicted molar refractivity (Wildman–Crippen MR) is 66.7 cm³/mol. The van der Waals surface area contributed by atoms with E-state index >= 15 is 0 Å². The van der Waals surface area contributed by atoms with Crippen LogP contribution in [0.5, 0.6) is 0 Å². The number of benzene rings is 1. The summed E-state index contributed by atoms with van der Waals surface area (Å²) >= 11 is 0. The summed E-state index contributed by atoms with van der Waals surface area (Å²) in [6, 6.07) is 7.44. The third-order valence-electron chi connectivity index (χ3n) is 3.09. The Bertz CT molecular complexity index is 335. The van der Waals surface area contributed by atoms with Crippen LogP contribution < -0.4 is 5.32 Å². The van der Waals surface area contributed by atoms with Crippen LogP contribution in [0.3, 0.4) is 0 Å². The molecule has 0 spiro atoms. The first-order valence-electron chi connectivity index (χ1n) is 6.36. The van der Waals surface area contributed by atoms with Crippen LogP contribution in [-0.2, 0) is 4.74 Å². The van der Waals surface area contributed by atoms with Crippen LogP contribution in [0.15, 0.2) is 24.3 Å². The van der Waals surface area contributed by atoms with Gasteiger partial charge in [-0.2, -0.15) is 0 Å². The highest BCUT2D eigenvalue weighted by Gasteiger charge is 2.22. The minimum Gasteiger partial charge on any atom is -0.381 e. The van der Waals surface area contributed by atoms with E-state index in [4.69, 9.17) is 4.74 Å². The van der Waals surface area contributed by atoms with E-state index in [9.17, 15) is 4.39 Å². The molecule has 3 heteroatoms. The first-order chi connectivity index (χ1) is 8.29. The molecule has 94 valence electrons. The summed E-state index contributed by atoms with van der Waals surface area (Å²) in [6.45, 7) is 4.33. The highest BCUT2D eigenvalue weighted by molar-refractivity contribution is 5.21. The molecule has 0 aromatic heterocycles. The molecule has 1 fully saturated rings. The topological polar surface area (TPSA) is 21.3 Å². The molecule has 0 aliphatic heterocycles. The molecule has 1 aromatic rings. The lowest BCUT2D eigenvalue weighted by Gasteiger charge is -2.18.